The van der Waals surface area contributed by atoms with E-state index in [1.807, 2.05) is 31.2 Å². The molecule has 1 fully saturated rings. The lowest BCUT2D eigenvalue weighted by Gasteiger charge is -2.21. The van der Waals surface area contributed by atoms with Crippen molar-refractivity contribution >= 4 is 12.0 Å². The third-order valence-corrected chi connectivity index (χ3v) is 6.19. The summed E-state index contributed by atoms with van der Waals surface area (Å²) in [6.07, 6.45) is 5.54. The van der Waals surface area contributed by atoms with Gasteiger partial charge in [0, 0.05) is 24.4 Å². The average molecular weight is 438 g/mol. The number of fused-ring (bicyclic) bond motifs is 1. The minimum atomic E-state index is -0.145. The van der Waals surface area contributed by atoms with Gasteiger partial charge in [-0.2, -0.15) is 0 Å². The van der Waals surface area contributed by atoms with Crippen LogP contribution in [0, 0.1) is 5.92 Å². The summed E-state index contributed by atoms with van der Waals surface area (Å²) >= 11 is 0. The molecule has 1 aromatic heterocycles. The summed E-state index contributed by atoms with van der Waals surface area (Å²) in [6.45, 7) is 4.81. The maximum absolute atomic E-state index is 11.7. The highest BCUT2D eigenvalue weighted by atomic mass is 16.5. The summed E-state index contributed by atoms with van der Waals surface area (Å²) in [5.74, 6) is 2.07. The smallest absolute Gasteiger partial charge is 0.223 e. The molecular weight excluding hydrogens is 406 g/mol. The number of hydrogen-bond acceptors (Lipinski definition) is 6. The number of methoxy groups -OCH3 is 2. The molecule has 0 spiro atoms. The van der Waals surface area contributed by atoms with E-state index in [1.165, 1.54) is 0 Å². The van der Waals surface area contributed by atoms with E-state index in [9.17, 15) is 4.79 Å². The van der Waals surface area contributed by atoms with E-state index in [4.69, 9.17) is 24.2 Å². The predicted molar refractivity (Wildman–Crippen MR) is 123 cm³/mol. The summed E-state index contributed by atoms with van der Waals surface area (Å²) in [5.41, 5.74) is 1.66. The van der Waals surface area contributed by atoms with Crippen LogP contribution >= 0.6 is 0 Å². The summed E-state index contributed by atoms with van der Waals surface area (Å²) in [7, 11) is 3.24. The number of carbonyl (C=O) groups excluding carboxylic acids is 1. The van der Waals surface area contributed by atoms with E-state index >= 15 is 0 Å². The second-order valence-electron chi connectivity index (χ2n) is 8.42. The van der Waals surface area contributed by atoms with E-state index in [0.717, 1.165) is 41.1 Å². The number of benzene rings is 1. The monoisotopic (exact) mass is 437 g/mol. The number of carbonyl (C=O) groups is 1. The van der Waals surface area contributed by atoms with E-state index < -0.39 is 0 Å². The highest BCUT2D eigenvalue weighted by Crippen LogP contribution is 2.31. The van der Waals surface area contributed by atoms with Gasteiger partial charge in [-0.15, -0.1) is 0 Å². The van der Waals surface area contributed by atoms with Crippen LogP contribution in [0.3, 0.4) is 0 Å². The molecule has 1 N–H and O–H groups in total. The molecule has 7 nitrogen and oxygen atoms in total. The molecule has 1 amide bonds. The van der Waals surface area contributed by atoms with E-state index in [1.54, 1.807) is 14.2 Å². The normalized spacial score (nSPS) is 20.4. The molecule has 2 aliphatic rings. The van der Waals surface area contributed by atoms with Gasteiger partial charge in [0.05, 0.1) is 36.5 Å². The van der Waals surface area contributed by atoms with Crippen LogP contribution in [0.15, 0.2) is 29.3 Å². The van der Waals surface area contributed by atoms with Crippen molar-refractivity contribution < 1.29 is 19.0 Å². The number of hydrogen-bond donors (Lipinski definition) is 1. The number of pyridine rings is 1. The van der Waals surface area contributed by atoms with Gasteiger partial charge in [0.25, 0.3) is 0 Å². The van der Waals surface area contributed by atoms with Gasteiger partial charge in [-0.3, -0.25) is 9.79 Å². The van der Waals surface area contributed by atoms with Crippen molar-refractivity contribution in [2.75, 3.05) is 20.8 Å². The fourth-order valence-corrected chi connectivity index (χ4v) is 4.30. The molecule has 0 aliphatic carbocycles. The Morgan fingerprint density at radius 3 is 2.69 bits per heavy atom. The molecule has 1 aromatic carbocycles. The van der Waals surface area contributed by atoms with Gasteiger partial charge in [0.2, 0.25) is 11.8 Å². The zero-order valence-corrected chi connectivity index (χ0v) is 19.2. The number of aromatic nitrogens is 1. The Balaban J connectivity index is 1.77. The lowest BCUT2D eigenvalue weighted by atomic mass is 10.0. The molecule has 170 valence electrons. The zero-order valence-electron chi connectivity index (χ0n) is 19.2. The third-order valence-electron chi connectivity index (χ3n) is 6.19. The topological polar surface area (TPSA) is 82.0 Å². The Kier molecular flexibility index (Phi) is 6.63. The highest BCUT2D eigenvalue weighted by molar-refractivity contribution is 5.78. The van der Waals surface area contributed by atoms with Crippen molar-refractivity contribution in [1.82, 2.24) is 10.3 Å². The Morgan fingerprint density at radius 2 is 2.00 bits per heavy atom. The summed E-state index contributed by atoms with van der Waals surface area (Å²) in [6, 6.07) is 8.04. The van der Waals surface area contributed by atoms with Gasteiger partial charge in [-0.25, -0.2) is 4.98 Å². The lowest BCUT2D eigenvalue weighted by Crippen LogP contribution is -2.36. The fraction of sp³-hybridized carbons (Fsp3) is 0.480. The molecule has 2 aromatic rings. The highest BCUT2D eigenvalue weighted by Gasteiger charge is 2.29. The van der Waals surface area contributed by atoms with E-state index in [-0.39, 0.29) is 24.0 Å². The van der Waals surface area contributed by atoms with Crippen LogP contribution in [0.1, 0.15) is 39.5 Å². The van der Waals surface area contributed by atoms with Gasteiger partial charge in [0.15, 0.2) is 11.5 Å². The number of nitrogens with one attached hydrogen (secondary N) is 1. The first-order valence-electron chi connectivity index (χ1n) is 11.3. The largest absolute Gasteiger partial charge is 0.493 e. The van der Waals surface area contributed by atoms with Gasteiger partial charge >= 0.3 is 0 Å². The van der Waals surface area contributed by atoms with Gasteiger partial charge in [0.1, 0.15) is 6.10 Å². The van der Waals surface area contributed by atoms with Crippen LogP contribution in [0.5, 0.6) is 17.4 Å². The molecule has 0 bridgehead atoms. The van der Waals surface area contributed by atoms with E-state index in [2.05, 4.69) is 18.3 Å². The Labute approximate surface area is 188 Å². The summed E-state index contributed by atoms with van der Waals surface area (Å²) in [4.78, 5) is 21.5. The Hall–Kier alpha value is -3.09. The first kappa shape index (κ1) is 22.1. The molecule has 7 heteroatoms. The standard InChI is InChI=1S/C25H31N3O4/c1-5-6-18-8-9-19-21(27-18)13-20(16-7-10-22(30-3)23(11-16)31-4)28-25(19)32-15(2)17-12-24(29)26-14-17/h7,9-11,13,15,17-18H,5-6,8,12,14H2,1-4H3,(H,26,29). The number of amides is 1. The number of nitrogens with zero attached hydrogens (tertiary/aromatic N) is 2. The summed E-state index contributed by atoms with van der Waals surface area (Å²) in [5, 5.41) is 4.72. The molecule has 0 saturated carbocycles. The maximum atomic E-state index is 11.7. The van der Waals surface area contributed by atoms with Crippen molar-refractivity contribution in [1.29, 1.82) is 0 Å². The average Bonchev–Trinajstić information content (AvgIpc) is 3.25. The van der Waals surface area contributed by atoms with Gasteiger partial charge in [-0.1, -0.05) is 19.4 Å². The molecular formula is C25H31N3O4. The van der Waals surface area contributed by atoms with Crippen molar-refractivity contribution in [3.05, 3.63) is 34.8 Å². The van der Waals surface area contributed by atoms with Crippen molar-refractivity contribution in [2.24, 2.45) is 10.9 Å². The molecule has 0 radical (unpaired) electrons. The third kappa shape index (κ3) is 4.56. The van der Waals surface area contributed by atoms with E-state index in [0.29, 0.717) is 30.3 Å². The molecule has 3 atom stereocenters. The first-order valence-corrected chi connectivity index (χ1v) is 11.3. The van der Waals surface area contributed by atoms with Crippen LogP contribution in [0.4, 0.5) is 0 Å². The van der Waals surface area contributed by atoms with Gasteiger partial charge in [-0.05, 0) is 44.0 Å². The second kappa shape index (κ2) is 9.59. The molecule has 4 rings (SSSR count). The van der Waals surface area contributed by atoms with Gasteiger partial charge < -0.3 is 19.5 Å². The summed E-state index contributed by atoms with van der Waals surface area (Å²) < 4.78 is 17.2. The molecule has 2 aliphatic heterocycles. The number of rotatable bonds is 8. The van der Waals surface area contributed by atoms with Crippen LogP contribution in [0.2, 0.25) is 0 Å². The molecule has 32 heavy (non-hydrogen) atoms. The van der Waals surface area contributed by atoms with Crippen LogP contribution in [0.25, 0.3) is 17.3 Å². The molecule has 3 heterocycles. The first-order chi connectivity index (χ1) is 15.5. The Bertz CT molecular complexity index is 1110. The molecule has 3 unspecified atom stereocenters. The van der Waals surface area contributed by atoms with Crippen LogP contribution in [-0.2, 0) is 4.79 Å². The van der Waals surface area contributed by atoms with Crippen LogP contribution < -0.4 is 30.1 Å². The fourth-order valence-electron chi connectivity index (χ4n) is 4.30. The van der Waals surface area contributed by atoms with Crippen LogP contribution in [-0.4, -0.2) is 43.8 Å². The predicted octanol–water partition coefficient (Wildman–Crippen LogP) is 2.64. The zero-order chi connectivity index (χ0) is 22.7. The maximum Gasteiger partial charge on any atom is 0.223 e. The quantitative estimate of drug-likeness (QED) is 0.687. The second-order valence-corrected chi connectivity index (χ2v) is 8.42. The Morgan fingerprint density at radius 1 is 1.19 bits per heavy atom. The van der Waals surface area contributed by atoms with Crippen molar-refractivity contribution in [3.63, 3.8) is 0 Å². The minimum absolute atomic E-state index is 0.0727. The number of ether oxygens (including phenoxy) is 3. The SMILES string of the molecule is CCCC1CC=c2c(OC(C)C3CNC(=O)C3)nc(-c3ccc(OC)c(OC)c3)cc2=N1. The van der Waals surface area contributed by atoms with Crippen molar-refractivity contribution in [3.8, 4) is 28.6 Å². The lowest BCUT2D eigenvalue weighted by molar-refractivity contribution is -0.119. The van der Waals surface area contributed by atoms with Crippen molar-refractivity contribution in [2.45, 2.75) is 51.7 Å². The molecule has 1 saturated heterocycles. The minimum Gasteiger partial charge on any atom is -0.493 e.